The smallest absolute Gasteiger partial charge is 0.338 e. The molecule has 0 radical (unpaired) electrons. The van der Waals surface area contributed by atoms with E-state index in [0.717, 1.165) is 18.4 Å². The minimum Gasteiger partial charge on any atom is -0.493 e. The van der Waals surface area contributed by atoms with Crippen LogP contribution in [0.1, 0.15) is 39.6 Å². The molecule has 3 aromatic rings. The number of carbonyl (C=O) groups is 3. The summed E-state index contributed by atoms with van der Waals surface area (Å²) in [6, 6.07) is 22.9. The molecule has 0 aliphatic rings. The van der Waals surface area contributed by atoms with E-state index >= 15 is 0 Å². The van der Waals surface area contributed by atoms with Gasteiger partial charge in [-0.1, -0.05) is 43.3 Å². The second kappa shape index (κ2) is 15.0. The van der Waals surface area contributed by atoms with Gasteiger partial charge in [0.2, 0.25) is 0 Å². The summed E-state index contributed by atoms with van der Waals surface area (Å²) >= 11 is 5.08. The molecule has 3 aromatic carbocycles. The van der Waals surface area contributed by atoms with Crippen LogP contribution in [0.15, 0.2) is 78.9 Å². The summed E-state index contributed by atoms with van der Waals surface area (Å²) in [5.74, 6) is -0.447. The number of esters is 1. The number of nitrogens with one attached hydrogen (secondary N) is 3. The fourth-order valence-corrected chi connectivity index (χ4v) is 3.29. The van der Waals surface area contributed by atoms with Crippen molar-refractivity contribution in [3.8, 4) is 11.5 Å². The summed E-state index contributed by atoms with van der Waals surface area (Å²) in [7, 11) is 0. The standard InChI is InChI=1S/C28H29N3O6S/c1-2-16-36-27(34)21-11-13-23(14-12-21)37-19-25(32)30-31-28(38)29-26(33)22-9-6-10-24(18-22)35-17-15-20-7-4-3-5-8-20/h3-14,18H,2,15-17,19H2,1H3,(H,30,32)(H2,29,31,33,38). The summed E-state index contributed by atoms with van der Waals surface area (Å²) in [4.78, 5) is 36.4. The molecule has 0 spiro atoms. The van der Waals surface area contributed by atoms with E-state index in [0.29, 0.717) is 35.8 Å². The van der Waals surface area contributed by atoms with Gasteiger partial charge in [-0.3, -0.25) is 25.8 Å². The molecule has 0 bridgehead atoms. The van der Waals surface area contributed by atoms with Crippen molar-refractivity contribution in [1.29, 1.82) is 0 Å². The first-order chi connectivity index (χ1) is 18.4. The van der Waals surface area contributed by atoms with E-state index in [1.54, 1.807) is 48.5 Å². The summed E-state index contributed by atoms with van der Waals surface area (Å²) < 4.78 is 16.2. The lowest BCUT2D eigenvalue weighted by molar-refractivity contribution is -0.123. The first-order valence-corrected chi connectivity index (χ1v) is 12.4. The Morgan fingerprint density at radius 2 is 1.55 bits per heavy atom. The number of benzene rings is 3. The van der Waals surface area contributed by atoms with Gasteiger partial charge < -0.3 is 14.2 Å². The highest BCUT2D eigenvalue weighted by molar-refractivity contribution is 7.80. The lowest BCUT2D eigenvalue weighted by Gasteiger charge is -2.12. The van der Waals surface area contributed by atoms with Gasteiger partial charge in [-0.25, -0.2) is 4.79 Å². The average molecular weight is 536 g/mol. The van der Waals surface area contributed by atoms with Crippen LogP contribution in [0.2, 0.25) is 0 Å². The van der Waals surface area contributed by atoms with Gasteiger partial charge in [0.15, 0.2) is 11.7 Å². The van der Waals surface area contributed by atoms with Crippen LogP contribution in [0.4, 0.5) is 0 Å². The van der Waals surface area contributed by atoms with E-state index in [-0.39, 0.29) is 11.7 Å². The van der Waals surface area contributed by atoms with Crippen LogP contribution < -0.4 is 25.6 Å². The van der Waals surface area contributed by atoms with Crippen LogP contribution in [0, 0.1) is 0 Å². The van der Waals surface area contributed by atoms with E-state index in [1.165, 1.54) is 0 Å². The van der Waals surface area contributed by atoms with Crippen molar-refractivity contribution in [3.63, 3.8) is 0 Å². The fourth-order valence-electron chi connectivity index (χ4n) is 3.14. The monoisotopic (exact) mass is 535 g/mol. The van der Waals surface area contributed by atoms with Crippen molar-refractivity contribution < 1.29 is 28.6 Å². The van der Waals surface area contributed by atoms with Crippen LogP contribution in [0.25, 0.3) is 0 Å². The molecule has 0 aliphatic carbocycles. The zero-order valence-corrected chi connectivity index (χ0v) is 21.7. The van der Waals surface area contributed by atoms with Gasteiger partial charge in [-0.15, -0.1) is 0 Å². The lowest BCUT2D eigenvalue weighted by Crippen LogP contribution is -2.49. The Kier molecular flexibility index (Phi) is 11.1. The highest BCUT2D eigenvalue weighted by atomic mass is 32.1. The van der Waals surface area contributed by atoms with E-state index in [1.807, 2.05) is 37.3 Å². The maximum Gasteiger partial charge on any atom is 0.338 e. The van der Waals surface area contributed by atoms with Crippen LogP contribution in [-0.4, -0.2) is 42.7 Å². The quantitative estimate of drug-likeness (QED) is 0.194. The third-order valence-corrected chi connectivity index (χ3v) is 5.24. The Morgan fingerprint density at radius 3 is 2.29 bits per heavy atom. The van der Waals surface area contributed by atoms with Crippen LogP contribution in [-0.2, 0) is 16.0 Å². The molecule has 0 saturated heterocycles. The molecule has 3 N–H and O–H groups in total. The number of amides is 2. The molecule has 0 aromatic heterocycles. The molecule has 0 fully saturated rings. The first kappa shape index (κ1) is 28.1. The van der Waals surface area contributed by atoms with Gasteiger partial charge >= 0.3 is 5.97 Å². The third-order valence-electron chi connectivity index (χ3n) is 5.04. The topological polar surface area (TPSA) is 115 Å². The number of carbonyl (C=O) groups excluding carboxylic acids is 3. The van der Waals surface area contributed by atoms with E-state index in [2.05, 4.69) is 16.2 Å². The van der Waals surface area contributed by atoms with Crippen molar-refractivity contribution >= 4 is 35.1 Å². The second-order valence-electron chi connectivity index (χ2n) is 8.02. The maximum atomic E-state index is 12.5. The number of ether oxygens (including phenoxy) is 3. The first-order valence-electron chi connectivity index (χ1n) is 12.0. The second-order valence-corrected chi connectivity index (χ2v) is 8.43. The van der Waals surface area contributed by atoms with Crippen molar-refractivity contribution in [1.82, 2.24) is 16.2 Å². The molecule has 2 amide bonds. The Labute approximate surface area is 226 Å². The number of hydrogen-bond donors (Lipinski definition) is 3. The summed E-state index contributed by atoms with van der Waals surface area (Å²) in [5, 5.41) is 2.40. The molecule has 38 heavy (non-hydrogen) atoms. The van der Waals surface area contributed by atoms with Crippen molar-refractivity contribution in [2.75, 3.05) is 19.8 Å². The van der Waals surface area contributed by atoms with E-state index in [4.69, 9.17) is 26.4 Å². The molecule has 9 nitrogen and oxygen atoms in total. The van der Waals surface area contributed by atoms with Gasteiger partial charge in [0.05, 0.1) is 18.8 Å². The minimum atomic E-state index is -0.526. The minimum absolute atomic E-state index is 0.0892. The molecule has 0 unspecified atom stereocenters. The zero-order valence-electron chi connectivity index (χ0n) is 20.9. The van der Waals surface area contributed by atoms with Crippen molar-refractivity contribution in [2.24, 2.45) is 0 Å². The summed E-state index contributed by atoms with van der Waals surface area (Å²) in [6.45, 7) is 2.42. The lowest BCUT2D eigenvalue weighted by atomic mass is 10.2. The Balaban J connectivity index is 1.37. The molecular weight excluding hydrogens is 506 g/mol. The highest BCUT2D eigenvalue weighted by Crippen LogP contribution is 2.15. The predicted molar refractivity (Wildman–Crippen MR) is 146 cm³/mol. The highest BCUT2D eigenvalue weighted by Gasteiger charge is 2.11. The van der Waals surface area contributed by atoms with Crippen LogP contribution in [0.3, 0.4) is 0 Å². The molecule has 0 aliphatic heterocycles. The number of thiocarbonyl (C=S) groups is 1. The Hall–Kier alpha value is -4.44. The maximum absolute atomic E-state index is 12.5. The van der Waals surface area contributed by atoms with Gasteiger partial charge in [-0.2, -0.15) is 0 Å². The Bertz CT molecular complexity index is 1230. The molecule has 198 valence electrons. The molecular formula is C28H29N3O6S. The van der Waals surface area contributed by atoms with Gasteiger partial charge in [-0.05, 0) is 66.7 Å². The number of hydrazine groups is 1. The van der Waals surface area contributed by atoms with E-state index in [9.17, 15) is 14.4 Å². The van der Waals surface area contributed by atoms with Crippen molar-refractivity contribution in [3.05, 3.63) is 95.6 Å². The number of hydrogen-bond acceptors (Lipinski definition) is 7. The largest absolute Gasteiger partial charge is 0.493 e. The SMILES string of the molecule is CCCOC(=O)c1ccc(OCC(=O)NNC(=S)NC(=O)c2cccc(OCCc3ccccc3)c2)cc1. The van der Waals surface area contributed by atoms with Gasteiger partial charge in [0.25, 0.3) is 11.8 Å². The zero-order chi connectivity index (χ0) is 27.2. The summed E-state index contributed by atoms with van der Waals surface area (Å²) in [5.41, 5.74) is 6.71. The molecule has 0 saturated carbocycles. The molecule has 10 heteroatoms. The average Bonchev–Trinajstić information content (AvgIpc) is 2.94. The third kappa shape index (κ3) is 9.55. The number of rotatable bonds is 11. The molecule has 0 atom stereocenters. The van der Waals surface area contributed by atoms with Crippen LogP contribution in [0.5, 0.6) is 11.5 Å². The summed E-state index contributed by atoms with van der Waals surface area (Å²) in [6.07, 6.45) is 1.48. The molecule has 0 heterocycles. The Morgan fingerprint density at radius 1 is 0.789 bits per heavy atom. The van der Waals surface area contributed by atoms with Gasteiger partial charge in [0, 0.05) is 12.0 Å². The molecule has 3 rings (SSSR count). The van der Waals surface area contributed by atoms with E-state index < -0.39 is 17.8 Å². The van der Waals surface area contributed by atoms with Crippen LogP contribution >= 0.6 is 12.2 Å². The fraction of sp³-hybridized carbons (Fsp3) is 0.214. The normalized spacial score (nSPS) is 10.1. The van der Waals surface area contributed by atoms with Crippen molar-refractivity contribution in [2.45, 2.75) is 19.8 Å². The predicted octanol–water partition coefficient (Wildman–Crippen LogP) is 3.59. The van der Waals surface area contributed by atoms with Gasteiger partial charge in [0.1, 0.15) is 11.5 Å².